The molecule has 1 amide bonds. The largest absolute Gasteiger partial charge is 0.463 e. The first kappa shape index (κ1) is 13.2. The molecule has 106 valence electrons. The van der Waals surface area contributed by atoms with E-state index in [-0.39, 0.29) is 11.9 Å². The third-order valence-corrected chi connectivity index (χ3v) is 4.29. The number of nitrogens with zero attached hydrogens (tertiary/aromatic N) is 1. The van der Waals surface area contributed by atoms with Crippen LogP contribution < -0.4 is 5.73 Å². The molecule has 2 atom stereocenters. The molecule has 1 aliphatic heterocycles. The van der Waals surface area contributed by atoms with Gasteiger partial charge in [0.2, 0.25) is 0 Å². The van der Waals surface area contributed by atoms with Crippen molar-refractivity contribution >= 4 is 16.9 Å². The Balaban J connectivity index is 1.91. The summed E-state index contributed by atoms with van der Waals surface area (Å²) in [5.74, 6) is 0.467. The summed E-state index contributed by atoms with van der Waals surface area (Å²) in [5, 5.41) is 0.888. The molecule has 1 saturated heterocycles. The van der Waals surface area contributed by atoms with Gasteiger partial charge in [0.1, 0.15) is 11.8 Å². The van der Waals surface area contributed by atoms with Gasteiger partial charge < -0.3 is 15.1 Å². The van der Waals surface area contributed by atoms with Crippen molar-refractivity contribution in [2.75, 3.05) is 13.1 Å². The molecule has 0 bridgehead atoms. The summed E-state index contributed by atoms with van der Waals surface area (Å²) in [5.41, 5.74) is 7.18. The molecular weight excluding hydrogens is 252 g/mol. The van der Waals surface area contributed by atoms with E-state index in [0.717, 1.165) is 30.4 Å². The van der Waals surface area contributed by atoms with Crippen molar-refractivity contribution < 1.29 is 9.21 Å². The highest BCUT2D eigenvalue weighted by Gasteiger charge is 2.30. The molecule has 20 heavy (non-hydrogen) atoms. The van der Waals surface area contributed by atoms with Gasteiger partial charge >= 0.3 is 0 Å². The van der Waals surface area contributed by atoms with Crippen molar-refractivity contribution in [1.82, 2.24) is 4.90 Å². The highest BCUT2D eigenvalue weighted by Crippen LogP contribution is 2.27. The zero-order valence-electron chi connectivity index (χ0n) is 11.7. The number of nitrogens with two attached hydrogens (primary N) is 1. The monoisotopic (exact) mass is 272 g/mol. The number of hydrogen-bond donors (Lipinski definition) is 1. The molecule has 4 nitrogen and oxygen atoms in total. The Kier molecular flexibility index (Phi) is 3.49. The van der Waals surface area contributed by atoms with Crippen molar-refractivity contribution in [2.24, 2.45) is 11.7 Å². The molecule has 1 aromatic heterocycles. The Hall–Kier alpha value is -1.81. The summed E-state index contributed by atoms with van der Waals surface area (Å²) < 4.78 is 5.48. The van der Waals surface area contributed by atoms with Gasteiger partial charge in [0, 0.05) is 18.0 Å². The fraction of sp³-hybridized carbons (Fsp3) is 0.438. The van der Waals surface area contributed by atoms with E-state index in [9.17, 15) is 4.79 Å². The first-order valence-electron chi connectivity index (χ1n) is 7.18. The van der Waals surface area contributed by atoms with Crippen molar-refractivity contribution in [3.8, 4) is 0 Å². The van der Waals surface area contributed by atoms with E-state index in [0.29, 0.717) is 18.0 Å². The Morgan fingerprint density at radius 3 is 3.00 bits per heavy atom. The second-order valence-corrected chi connectivity index (χ2v) is 5.63. The average Bonchev–Trinajstić information content (AvgIpc) is 2.91. The number of furan rings is 1. The molecule has 0 aliphatic carbocycles. The zero-order valence-corrected chi connectivity index (χ0v) is 11.7. The second kappa shape index (κ2) is 5.29. The molecule has 1 aromatic carbocycles. The van der Waals surface area contributed by atoms with Gasteiger partial charge in [-0.15, -0.1) is 0 Å². The fourth-order valence-corrected chi connectivity index (χ4v) is 2.96. The third kappa shape index (κ3) is 2.20. The maximum absolute atomic E-state index is 12.8. The molecule has 2 heterocycles. The minimum Gasteiger partial charge on any atom is -0.463 e. The van der Waals surface area contributed by atoms with Crippen LogP contribution >= 0.6 is 0 Å². The van der Waals surface area contributed by atoms with Crippen molar-refractivity contribution in [1.29, 1.82) is 0 Å². The highest BCUT2D eigenvalue weighted by atomic mass is 16.3. The van der Waals surface area contributed by atoms with Crippen molar-refractivity contribution in [3.63, 3.8) is 0 Å². The Labute approximate surface area is 118 Å². The number of rotatable bonds is 2. The summed E-state index contributed by atoms with van der Waals surface area (Å²) in [4.78, 5) is 14.7. The first-order valence-corrected chi connectivity index (χ1v) is 7.18. The predicted molar refractivity (Wildman–Crippen MR) is 78.5 cm³/mol. The standard InChI is InChI=1S/C16H20N2O2/c1-11-6-7-12(8-17)9-18(11)16(19)14-10-20-15-5-3-2-4-13(14)15/h2-5,10-12H,6-9,17H2,1H3. The molecular formula is C16H20N2O2. The summed E-state index contributed by atoms with van der Waals surface area (Å²) >= 11 is 0. The normalized spacial score (nSPS) is 23.2. The van der Waals surface area contributed by atoms with E-state index >= 15 is 0 Å². The van der Waals surface area contributed by atoms with Crippen LogP contribution in [0.3, 0.4) is 0 Å². The lowest BCUT2D eigenvalue weighted by molar-refractivity contribution is 0.0568. The number of para-hydroxylation sites is 1. The molecule has 3 rings (SSSR count). The molecule has 0 saturated carbocycles. The maximum Gasteiger partial charge on any atom is 0.257 e. The van der Waals surface area contributed by atoms with Crippen LogP contribution in [0.2, 0.25) is 0 Å². The van der Waals surface area contributed by atoms with Gasteiger partial charge in [-0.05, 0) is 38.3 Å². The van der Waals surface area contributed by atoms with E-state index in [2.05, 4.69) is 6.92 Å². The summed E-state index contributed by atoms with van der Waals surface area (Å²) in [6.45, 7) is 3.49. The quantitative estimate of drug-likeness (QED) is 0.914. The average molecular weight is 272 g/mol. The highest BCUT2D eigenvalue weighted by molar-refractivity contribution is 6.06. The van der Waals surface area contributed by atoms with Gasteiger partial charge in [0.05, 0.1) is 5.56 Å². The maximum atomic E-state index is 12.8. The van der Waals surface area contributed by atoms with E-state index in [1.807, 2.05) is 29.2 Å². The van der Waals surface area contributed by atoms with Gasteiger partial charge in [-0.1, -0.05) is 18.2 Å². The van der Waals surface area contributed by atoms with Gasteiger partial charge in [-0.3, -0.25) is 4.79 Å². The van der Waals surface area contributed by atoms with E-state index in [4.69, 9.17) is 10.2 Å². The number of hydrogen-bond acceptors (Lipinski definition) is 3. The minimum atomic E-state index is 0.0561. The number of likely N-dealkylation sites (tertiary alicyclic amines) is 1. The molecule has 2 N–H and O–H groups in total. The predicted octanol–water partition coefficient (Wildman–Crippen LogP) is 2.63. The molecule has 0 radical (unpaired) electrons. The number of carbonyl (C=O) groups excluding carboxylic acids is 1. The van der Waals surface area contributed by atoms with Crippen LogP contribution in [0.25, 0.3) is 11.0 Å². The topological polar surface area (TPSA) is 59.5 Å². The van der Waals surface area contributed by atoms with Crippen LogP contribution in [-0.4, -0.2) is 29.9 Å². The number of amides is 1. The van der Waals surface area contributed by atoms with E-state index in [1.165, 1.54) is 0 Å². The Morgan fingerprint density at radius 2 is 2.20 bits per heavy atom. The third-order valence-electron chi connectivity index (χ3n) is 4.29. The molecule has 4 heteroatoms. The Bertz CT molecular complexity index is 620. The summed E-state index contributed by atoms with van der Waals surface area (Å²) in [6.07, 6.45) is 3.70. The lowest BCUT2D eigenvalue weighted by atomic mass is 9.93. The zero-order chi connectivity index (χ0) is 14.1. The van der Waals surface area contributed by atoms with Crippen LogP contribution in [0, 0.1) is 5.92 Å². The fourth-order valence-electron chi connectivity index (χ4n) is 2.96. The lowest BCUT2D eigenvalue weighted by Crippen LogP contribution is -2.47. The summed E-state index contributed by atoms with van der Waals surface area (Å²) in [6, 6.07) is 7.92. The second-order valence-electron chi connectivity index (χ2n) is 5.63. The minimum absolute atomic E-state index is 0.0561. The SMILES string of the molecule is CC1CCC(CN)CN1C(=O)c1coc2ccccc12. The Morgan fingerprint density at radius 1 is 1.40 bits per heavy atom. The molecule has 1 fully saturated rings. The smallest absolute Gasteiger partial charge is 0.257 e. The molecule has 1 aliphatic rings. The van der Waals surface area contributed by atoms with Gasteiger partial charge in [-0.25, -0.2) is 0 Å². The van der Waals surface area contributed by atoms with Gasteiger partial charge in [0.25, 0.3) is 5.91 Å². The first-order chi connectivity index (χ1) is 9.70. The van der Waals surface area contributed by atoms with E-state index in [1.54, 1.807) is 6.26 Å². The van der Waals surface area contributed by atoms with Gasteiger partial charge in [0.15, 0.2) is 0 Å². The number of carbonyl (C=O) groups is 1. The molecule has 0 spiro atoms. The van der Waals surface area contributed by atoms with E-state index < -0.39 is 0 Å². The van der Waals surface area contributed by atoms with Crippen LogP contribution in [0.4, 0.5) is 0 Å². The van der Waals surface area contributed by atoms with Crippen LogP contribution in [0.15, 0.2) is 34.9 Å². The van der Waals surface area contributed by atoms with Crippen molar-refractivity contribution in [3.05, 3.63) is 36.1 Å². The molecule has 2 unspecified atom stereocenters. The lowest BCUT2D eigenvalue weighted by Gasteiger charge is -2.37. The van der Waals surface area contributed by atoms with Crippen LogP contribution in [-0.2, 0) is 0 Å². The number of piperidine rings is 1. The molecule has 2 aromatic rings. The van der Waals surface area contributed by atoms with Crippen LogP contribution in [0.1, 0.15) is 30.1 Å². The number of fused-ring (bicyclic) bond motifs is 1. The summed E-state index contributed by atoms with van der Waals surface area (Å²) in [7, 11) is 0. The van der Waals surface area contributed by atoms with Crippen LogP contribution in [0.5, 0.6) is 0 Å². The van der Waals surface area contributed by atoms with Crippen molar-refractivity contribution in [2.45, 2.75) is 25.8 Å². The number of benzene rings is 1. The van der Waals surface area contributed by atoms with Gasteiger partial charge in [-0.2, -0.15) is 0 Å².